The molecule has 1 saturated carbocycles. The first-order valence-corrected chi connectivity index (χ1v) is 17.0. The third-order valence-corrected chi connectivity index (χ3v) is 6.05. The topological polar surface area (TPSA) is 49.6 Å². The van der Waals surface area contributed by atoms with Crippen LogP contribution >= 0.6 is 23.2 Å². The first-order chi connectivity index (χ1) is 20.5. The van der Waals surface area contributed by atoms with E-state index < -0.39 is 0 Å². The van der Waals surface area contributed by atoms with E-state index in [4.69, 9.17) is 28.9 Å². The van der Waals surface area contributed by atoms with E-state index in [1.807, 2.05) is 91.8 Å². The number of amides is 1. The van der Waals surface area contributed by atoms with Crippen LogP contribution in [0.2, 0.25) is 10.0 Å². The van der Waals surface area contributed by atoms with Crippen molar-refractivity contribution in [3.8, 4) is 0 Å². The van der Waals surface area contributed by atoms with Crippen molar-refractivity contribution in [2.45, 2.75) is 120 Å². The van der Waals surface area contributed by atoms with E-state index in [0.717, 1.165) is 29.7 Å². The molecular formula is C37H67Cl2N3O. The Hall–Kier alpha value is -2.01. The summed E-state index contributed by atoms with van der Waals surface area (Å²) >= 11 is 11.3. The minimum Gasteiger partial charge on any atom is -0.399 e. The highest BCUT2D eigenvalue weighted by molar-refractivity contribution is 6.34. The van der Waals surface area contributed by atoms with Crippen LogP contribution in [0.15, 0.2) is 54.6 Å². The van der Waals surface area contributed by atoms with Crippen molar-refractivity contribution in [1.82, 2.24) is 9.80 Å². The molecule has 2 aromatic rings. The molecule has 2 N–H and O–H groups in total. The van der Waals surface area contributed by atoms with Gasteiger partial charge < -0.3 is 15.5 Å². The molecule has 1 fully saturated rings. The second kappa shape index (κ2) is 32.9. The second-order valence-corrected chi connectivity index (χ2v) is 10.8. The third-order valence-electron chi connectivity index (χ3n) is 5.61. The summed E-state index contributed by atoms with van der Waals surface area (Å²) in [6.45, 7) is 25.5. The quantitative estimate of drug-likeness (QED) is 0.169. The number of hydrogen-bond donors (Lipinski definition) is 1. The van der Waals surface area contributed by atoms with Crippen molar-refractivity contribution >= 4 is 35.3 Å². The molecule has 250 valence electrons. The van der Waals surface area contributed by atoms with Gasteiger partial charge in [0.1, 0.15) is 0 Å². The Balaban J connectivity index is -0.000000253. The Morgan fingerprint density at radius 3 is 1.60 bits per heavy atom. The molecule has 0 bridgehead atoms. The lowest BCUT2D eigenvalue weighted by atomic mass is 9.85. The number of anilines is 1. The van der Waals surface area contributed by atoms with Gasteiger partial charge in [-0.2, -0.15) is 0 Å². The number of unbranched alkanes of at least 4 members (excludes halogenated alkanes) is 1. The molecule has 0 spiro atoms. The molecule has 1 amide bonds. The lowest BCUT2D eigenvalue weighted by Gasteiger charge is -2.32. The first-order valence-electron chi connectivity index (χ1n) is 16.2. The molecule has 2 aromatic carbocycles. The van der Waals surface area contributed by atoms with Gasteiger partial charge in [0.05, 0.1) is 6.04 Å². The van der Waals surface area contributed by atoms with E-state index in [-0.39, 0.29) is 12.0 Å². The van der Waals surface area contributed by atoms with E-state index in [0.29, 0.717) is 10.0 Å². The fourth-order valence-corrected chi connectivity index (χ4v) is 4.23. The number of halogens is 2. The van der Waals surface area contributed by atoms with Crippen LogP contribution in [0.3, 0.4) is 0 Å². The van der Waals surface area contributed by atoms with Gasteiger partial charge in [-0.15, -0.1) is 0 Å². The fourth-order valence-electron chi connectivity index (χ4n) is 3.59. The average Bonchev–Trinajstić information content (AvgIpc) is 3.88. The summed E-state index contributed by atoms with van der Waals surface area (Å²) in [6, 6.07) is 13.3. The number of rotatable bonds is 9. The maximum atomic E-state index is 11.0. The van der Waals surface area contributed by atoms with Crippen molar-refractivity contribution in [3.05, 3.63) is 75.8 Å². The van der Waals surface area contributed by atoms with Crippen molar-refractivity contribution < 1.29 is 4.79 Å². The van der Waals surface area contributed by atoms with Crippen LogP contribution in [-0.4, -0.2) is 49.9 Å². The maximum absolute atomic E-state index is 11.0. The highest BCUT2D eigenvalue weighted by atomic mass is 35.5. The highest BCUT2D eigenvalue weighted by Gasteiger charge is 2.25. The SMILES string of the molecule is C1CC1.C=C(C)C(C(CC)c1ccc(N)cc1)N(C)C=O.CC.CC.CC.CCCCN(C)C.Cc1cc(Cl)cc(Cl)c1. The number of nitrogens with two attached hydrogens (primary N) is 1. The largest absolute Gasteiger partial charge is 0.399 e. The molecule has 2 unspecified atom stereocenters. The minimum atomic E-state index is 0.0242. The van der Waals surface area contributed by atoms with Crippen LogP contribution < -0.4 is 5.73 Å². The van der Waals surface area contributed by atoms with Crippen LogP contribution in [-0.2, 0) is 4.79 Å². The summed E-state index contributed by atoms with van der Waals surface area (Å²) in [4.78, 5) is 14.9. The van der Waals surface area contributed by atoms with Gasteiger partial charge in [-0.3, -0.25) is 4.79 Å². The van der Waals surface area contributed by atoms with Gasteiger partial charge in [-0.25, -0.2) is 0 Å². The standard InChI is InChI=1S/C15H22N2O.C7H6Cl2.C6H15N.C3H6.3C2H6/c1-5-14(12-6-8-13(16)9-7-12)15(11(2)3)17(4)10-18;1-5-2-6(8)4-7(9)3-5;1-4-5-6-7(2)3;1-2-3-1;3*1-2/h6-10,14-15H,2,5,16H2,1,3-4H3;2-4H,1H3;4-6H2,1-3H3;1-3H2;3*1-2H3. The molecule has 3 rings (SSSR count). The molecule has 0 saturated heterocycles. The molecule has 43 heavy (non-hydrogen) atoms. The van der Waals surface area contributed by atoms with E-state index in [9.17, 15) is 4.79 Å². The Morgan fingerprint density at radius 2 is 1.35 bits per heavy atom. The molecule has 1 aliphatic carbocycles. The Bertz CT molecular complexity index is 846. The first kappa shape index (κ1) is 47.9. The average molecular weight is 641 g/mol. The van der Waals surface area contributed by atoms with Gasteiger partial charge in [-0.1, -0.05) is 129 Å². The zero-order valence-corrected chi connectivity index (χ0v) is 31.6. The van der Waals surface area contributed by atoms with Crippen LogP contribution in [0.5, 0.6) is 0 Å². The maximum Gasteiger partial charge on any atom is 0.209 e. The number of benzene rings is 2. The molecule has 6 heteroatoms. The number of nitrogens with zero attached hydrogens (tertiary/aromatic N) is 2. The molecule has 1 aliphatic rings. The Labute approximate surface area is 278 Å². The van der Waals surface area contributed by atoms with Gasteiger partial charge in [0.25, 0.3) is 0 Å². The Kier molecular flexibility index (Phi) is 36.6. The summed E-state index contributed by atoms with van der Waals surface area (Å²) in [7, 11) is 6.01. The lowest BCUT2D eigenvalue weighted by Crippen LogP contribution is -2.36. The summed E-state index contributed by atoms with van der Waals surface area (Å²) in [5, 5.41) is 1.39. The van der Waals surface area contributed by atoms with Gasteiger partial charge in [0, 0.05) is 28.7 Å². The predicted octanol–water partition coefficient (Wildman–Crippen LogP) is 11.7. The summed E-state index contributed by atoms with van der Waals surface area (Å²) in [5.41, 5.74) is 9.73. The van der Waals surface area contributed by atoms with E-state index in [1.54, 1.807) is 18.0 Å². The Morgan fingerprint density at radius 1 is 0.907 bits per heavy atom. The van der Waals surface area contributed by atoms with Gasteiger partial charge in [0.15, 0.2) is 0 Å². The van der Waals surface area contributed by atoms with Crippen molar-refractivity contribution in [2.75, 3.05) is 33.4 Å². The van der Waals surface area contributed by atoms with Crippen molar-refractivity contribution in [2.24, 2.45) is 0 Å². The summed E-state index contributed by atoms with van der Waals surface area (Å²) in [5.74, 6) is 0.248. The highest BCUT2D eigenvalue weighted by Crippen LogP contribution is 2.30. The van der Waals surface area contributed by atoms with E-state index in [1.165, 1.54) is 44.2 Å². The van der Waals surface area contributed by atoms with E-state index in [2.05, 4.69) is 39.4 Å². The molecule has 2 atom stereocenters. The number of hydrogen-bond acceptors (Lipinski definition) is 3. The number of likely N-dealkylation sites (N-methyl/N-ethyl adjacent to an activating group) is 1. The van der Waals surface area contributed by atoms with Crippen molar-refractivity contribution in [3.63, 3.8) is 0 Å². The zero-order valence-electron chi connectivity index (χ0n) is 30.1. The molecule has 0 aliphatic heterocycles. The smallest absolute Gasteiger partial charge is 0.209 e. The number of nitrogen functional groups attached to an aromatic ring is 1. The summed E-state index contributed by atoms with van der Waals surface area (Å²) < 4.78 is 0. The number of carbonyl (C=O) groups is 1. The van der Waals surface area contributed by atoms with Gasteiger partial charge in [0.2, 0.25) is 6.41 Å². The normalized spacial score (nSPS) is 11.5. The lowest BCUT2D eigenvalue weighted by molar-refractivity contribution is -0.118. The van der Waals surface area contributed by atoms with Crippen molar-refractivity contribution in [1.29, 1.82) is 0 Å². The predicted molar refractivity (Wildman–Crippen MR) is 199 cm³/mol. The second-order valence-electron chi connectivity index (χ2n) is 9.91. The number of carbonyl (C=O) groups excluding carboxylic acids is 1. The monoisotopic (exact) mass is 639 g/mol. The number of aryl methyl sites for hydroxylation is 1. The molecule has 0 aromatic heterocycles. The molecule has 0 heterocycles. The van der Waals surface area contributed by atoms with Gasteiger partial charge >= 0.3 is 0 Å². The van der Waals surface area contributed by atoms with Crippen LogP contribution in [0.25, 0.3) is 0 Å². The fraction of sp³-hybridized carbons (Fsp3) is 0.595. The third kappa shape index (κ3) is 28.5. The van der Waals surface area contributed by atoms with Crippen LogP contribution in [0.1, 0.15) is 118 Å². The van der Waals surface area contributed by atoms with Crippen LogP contribution in [0.4, 0.5) is 5.69 Å². The molecule has 4 nitrogen and oxygen atoms in total. The van der Waals surface area contributed by atoms with Gasteiger partial charge in [-0.05, 0) is 88.8 Å². The molecule has 0 radical (unpaired) electrons. The van der Waals surface area contributed by atoms with Crippen LogP contribution in [0, 0.1) is 6.92 Å². The zero-order chi connectivity index (χ0) is 34.4. The van der Waals surface area contributed by atoms with E-state index >= 15 is 0 Å². The summed E-state index contributed by atoms with van der Waals surface area (Å²) in [6.07, 6.45) is 8.93. The minimum absolute atomic E-state index is 0.0242. The molecular weight excluding hydrogens is 573 g/mol.